The lowest BCUT2D eigenvalue weighted by Gasteiger charge is -2.05. The van der Waals surface area contributed by atoms with Crippen molar-refractivity contribution in [1.82, 2.24) is 4.98 Å². The van der Waals surface area contributed by atoms with Gasteiger partial charge in [0, 0.05) is 11.3 Å². The predicted octanol–water partition coefficient (Wildman–Crippen LogP) is 2.66. The fourth-order valence-electron chi connectivity index (χ4n) is 1.83. The molecule has 0 amide bonds. The van der Waals surface area contributed by atoms with Gasteiger partial charge in [0.2, 0.25) is 0 Å². The van der Waals surface area contributed by atoms with Crippen molar-refractivity contribution in [3.8, 4) is 11.8 Å². The summed E-state index contributed by atoms with van der Waals surface area (Å²) in [4.78, 5) is 5.44. The van der Waals surface area contributed by atoms with E-state index in [4.69, 9.17) is 10.5 Å². The molecular formula is C16H17FN2OS. The summed E-state index contributed by atoms with van der Waals surface area (Å²) in [5.74, 6) is 5.04. The molecule has 0 unspecified atom stereocenters. The van der Waals surface area contributed by atoms with Crippen LogP contribution < -0.4 is 5.73 Å². The van der Waals surface area contributed by atoms with Gasteiger partial charge in [0.1, 0.15) is 5.82 Å². The molecule has 0 aliphatic carbocycles. The smallest absolute Gasteiger partial charge is 0.138 e. The summed E-state index contributed by atoms with van der Waals surface area (Å²) < 4.78 is 19.2. The maximum atomic E-state index is 13.5. The van der Waals surface area contributed by atoms with Gasteiger partial charge in [0.25, 0.3) is 0 Å². The highest BCUT2D eigenvalue weighted by molar-refractivity contribution is 7.09. The van der Waals surface area contributed by atoms with Crippen LogP contribution >= 0.6 is 11.3 Å². The van der Waals surface area contributed by atoms with Gasteiger partial charge in [-0.1, -0.05) is 17.9 Å². The SMILES string of the molecule is Cc1ncsc1CCOCc1ccc(F)c(C#CCN)c1. The first-order chi connectivity index (χ1) is 10.2. The van der Waals surface area contributed by atoms with Gasteiger partial charge in [-0.15, -0.1) is 11.3 Å². The highest BCUT2D eigenvalue weighted by Gasteiger charge is 2.03. The Kier molecular flexibility index (Phi) is 5.88. The van der Waals surface area contributed by atoms with Crippen LogP contribution in [-0.4, -0.2) is 18.1 Å². The second-order valence-corrected chi connectivity index (χ2v) is 5.42. The van der Waals surface area contributed by atoms with E-state index in [0.717, 1.165) is 17.7 Å². The molecule has 1 heterocycles. The minimum Gasteiger partial charge on any atom is -0.376 e. The van der Waals surface area contributed by atoms with Crippen LogP contribution in [0.5, 0.6) is 0 Å². The molecule has 1 aromatic carbocycles. The summed E-state index contributed by atoms with van der Waals surface area (Å²) in [5.41, 5.74) is 9.46. The molecule has 0 bridgehead atoms. The zero-order valence-electron chi connectivity index (χ0n) is 11.9. The number of hydrogen-bond donors (Lipinski definition) is 1. The summed E-state index contributed by atoms with van der Waals surface area (Å²) in [6.45, 7) is 3.27. The van der Waals surface area contributed by atoms with E-state index < -0.39 is 0 Å². The number of rotatable bonds is 5. The average molecular weight is 304 g/mol. The van der Waals surface area contributed by atoms with Crippen molar-refractivity contribution in [1.29, 1.82) is 0 Å². The molecule has 0 saturated carbocycles. The van der Waals surface area contributed by atoms with Gasteiger partial charge in [-0.25, -0.2) is 9.37 Å². The third-order valence-corrected chi connectivity index (χ3v) is 3.94. The van der Waals surface area contributed by atoms with Crippen LogP contribution in [0.3, 0.4) is 0 Å². The Morgan fingerprint density at radius 1 is 1.43 bits per heavy atom. The lowest BCUT2D eigenvalue weighted by Crippen LogP contribution is -2.00. The summed E-state index contributed by atoms with van der Waals surface area (Å²) in [6, 6.07) is 4.82. The average Bonchev–Trinajstić information content (AvgIpc) is 2.89. The standard InChI is InChI=1S/C16H17FN2OS/c1-12-16(21-11-19-12)6-8-20-10-13-4-5-15(17)14(9-13)3-2-7-18/h4-5,9,11H,6-8,10,18H2,1H3. The Morgan fingerprint density at radius 3 is 3.00 bits per heavy atom. The number of thiazole rings is 1. The Labute approximate surface area is 128 Å². The van der Waals surface area contributed by atoms with Gasteiger partial charge >= 0.3 is 0 Å². The van der Waals surface area contributed by atoms with Crippen molar-refractivity contribution in [3.63, 3.8) is 0 Å². The zero-order valence-corrected chi connectivity index (χ0v) is 12.7. The van der Waals surface area contributed by atoms with Crippen LogP contribution in [-0.2, 0) is 17.8 Å². The lowest BCUT2D eigenvalue weighted by atomic mass is 10.1. The Morgan fingerprint density at radius 2 is 2.29 bits per heavy atom. The van der Waals surface area contributed by atoms with Crippen LogP contribution in [0.4, 0.5) is 4.39 Å². The maximum absolute atomic E-state index is 13.5. The molecule has 0 radical (unpaired) electrons. The number of nitrogens with two attached hydrogens (primary N) is 1. The van der Waals surface area contributed by atoms with Gasteiger partial charge in [-0.2, -0.15) is 0 Å². The molecule has 2 aromatic rings. The first-order valence-corrected chi connectivity index (χ1v) is 7.52. The topological polar surface area (TPSA) is 48.1 Å². The van der Waals surface area contributed by atoms with Crippen LogP contribution in [0, 0.1) is 24.6 Å². The molecule has 5 heteroatoms. The highest BCUT2D eigenvalue weighted by Crippen LogP contribution is 2.14. The molecule has 0 atom stereocenters. The summed E-state index contributed by atoms with van der Waals surface area (Å²) >= 11 is 1.64. The van der Waals surface area contributed by atoms with Crippen molar-refractivity contribution in [2.45, 2.75) is 20.0 Å². The molecule has 21 heavy (non-hydrogen) atoms. The summed E-state index contributed by atoms with van der Waals surface area (Å²) in [5, 5.41) is 0. The van der Waals surface area contributed by atoms with E-state index >= 15 is 0 Å². The van der Waals surface area contributed by atoms with Crippen molar-refractivity contribution < 1.29 is 9.13 Å². The van der Waals surface area contributed by atoms with Gasteiger partial charge in [-0.3, -0.25) is 0 Å². The molecule has 0 fully saturated rings. The molecule has 1 aromatic heterocycles. The zero-order chi connectivity index (χ0) is 15.1. The normalized spacial score (nSPS) is 10.2. The number of ether oxygens (including phenoxy) is 1. The second-order valence-electron chi connectivity index (χ2n) is 4.48. The number of aromatic nitrogens is 1. The second kappa shape index (κ2) is 7.89. The van der Waals surface area contributed by atoms with Crippen LogP contribution in [0.25, 0.3) is 0 Å². The fourth-order valence-corrected chi connectivity index (χ4v) is 2.59. The first-order valence-electron chi connectivity index (χ1n) is 6.64. The Hall–Kier alpha value is -1.74. The number of aryl methyl sites for hydroxylation is 1. The maximum Gasteiger partial charge on any atom is 0.138 e. The summed E-state index contributed by atoms with van der Waals surface area (Å²) in [7, 11) is 0. The molecule has 3 nitrogen and oxygen atoms in total. The van der Waals surface area contributed by atoms with Crippen LogP contribution in [0.15, 0.2) is 23.7 Å². The molecule has 0 aliphatic heterocycles. The molecule has 0 saturated heterocycles. The quantitative estimate of drug-likeness (QED) is 0.682. The monoisotopic (exact) mass is 304 g/mol. The van der Waals surface area contributed by atoms with Crippen LogP contribution in [0.2, 0.25) is 0 Å². The van der Waals surface area contributed by atoms with Gasteiger partial charge in [0.15, 0.2) is 0 Å². The Balaban J connectivity index is 1.87. The number of nitrogens with zero attached hydrogens (tertiary/aromatic N) is 1. The first kappa shape index (κ1) is 15.6. The molecule has 2 N–H and O–H groups in total. The van der Waals surface area contributed by atoms with E-state index in [2.05, 4.69) is 16.8 Å². The van der Waals surface area contributed by atoms with Crippen LogP contribution in [0.1, 0.15) is 21.7 Å². The summed E-state index contributed by atoms with van der Waals surface area (Å²) in [6.07, 6.45) is 0.845. The minimum absolute atomic E-state index is 0.217. The third-order valence-electron chi connectivity index (χ3n) is 2.94. The third kappa shape index (κ3) is 4.64. The van der Waals surface area contributed by atoms with Crippen molar-refractivity contribution >= 4 is 11.3 Å². The van der Waals surface area contributed by atoms with Crippen molar-refractivity contribution in [2.24, 2.45) is 5.73 Å². The van der Waals surface area contributed by atoms with E-state index in [1.165, 1.54) is 10.9 Å². The highest BCUT2D eigenvalue weighted by atomic mass is 32.1. The van der Waals surface area contributed by atoms with E-state index in [0.29, 0.717) is 18.8 Å². The Bertz CT molecular complexity index is 658. The predicted molar refractivity (Wildman–Crippen MR) is 82.5 cm³/mol. The molecule has 0 spiro atoms. The largest absolute Gasteiger partial charge is 0.376 e. The molecule has 110 valence electrons. The van der Waals surface area contributed by atoms with Crippen molar-refractivity contribution in [3.05, 3.63) is 51.2 Å². The van der Waals surface area contributed by atoms with Gasteiger partial charge in [0.05, 0.1) is 36.5 Å². The van der Waals surface area contributed by atoms with Crippen molar-refractivity contribution in [2.75, 3.05) is 13.2 Å². The number of halogens is 1. The fraction of sp³-hybridized carbons (Fsp3) is 0.312. The van der Waals surface area contributed by atoms with E-state index in [1.807, 2.05) is 12.4 Å². The number of benzene rings is 1. The lowest BCUT2D eigenvalue weighted by molar-refractivity contribution is 0.124. The van der Waals surface area contributed by atoms with E-state index in [1.54, 1.807) is 23.5 Å². The molecular weight excluding hydrogens is 287 g/mol. The van der Waals surface area contributed by atoms with Gasteiger partial charge in [-0.05, 0) is 24.6 Å². The molecule has 2 rings (SSSR count). The molecule has 0 aliphatic rings. The van der Waals surface area contributed by atoms with Gasteiger partial charge < -0.3 is 10.5 Å². The van der Waals surface area contributed by atoms with E-state index in [9.17, 15) is 4.39 Å². The number of hydrogen-bond acceptors (Lipinski definition) is 4. The minimum atomic E-state index is -0.333. The van der Waals surface area contributed by atoms with E-state index in [-0.39, 0.29) is 12.4 Å².